The van der Waals surface area contributed by atoms with Gasteiger partial charge in [0.1, 0.15) is 5.82 Å². The van der Waals surface area contributed by atoms with Gasteiger partial charge >= 0.3 is 0 Å². The summed E-state index contributed by atoms with van der Waals surface area (Å²) in [5, 5.41) is 4.34. The molecule has 0 bridgehead atoms. The molecule has 0 radical (unpaired) electrons. The maximum Gasteiger partial charge on any atom is 0.145 e. The van der Waals surface area contributed by atoms with Crippen LogP contribution in [0.25, 0.3) is 0 Å². The number of nitrogens with one attached hydrogen (secondary N) is 1. The van der Waals surface area contributed by atoms with Crippen LogP contribution in [0.5, 0.6) is 0 Å². The number of hydrogen-bond donors (Lipinski definition) is 1. The Morgan fingerprint density at radius 3 is 2.15 bits per heavy atom. The van der Waals surface area contributed by atoms with Crippen LogP contribution in [0, 0.1) is 5.82 Å². The van der Waals surface area contributed by atoms with Crippen LogP contribution in [0.2, 0.25) is 15.1 Å². The molecule has 0 aliphatic rings. The van der Waals surface area contributed by atoms with Gasteiger partial charge in [0.15, 0.2) is 0 Å². The van der Waals surface area contributed by atoms with Gasteiger partial charge in [-0.2, -0.15) is 0 Å². The fraction of sp³-hybridized carbons (Fsp3) is 0.200. The van der Waals surface area contributed by atoms with Crippen molar-refractivity contribution in [3.8, 4) is 0 Å². The van der Waals surface area contributed by atoms with Crippen LogP contribution in [0.3, 0.4) is 0 Å². The van der Waals surface area contributed by atoms with Gasteiger partial charge in [-0.3, -0.25) is 0 Å². The van der Waals surface area contributed by atoms with Gasteiger partial charge < -0.3 is 5.32 Å². The minimum absolute atomic E-state index is 0.114. The molecule has 5 heteroatoms. The highest BCUT2D eigenvalue weighted by atomic mass is 35.5. The Hall–Kier alpha value is -0.800. The van der Waals surface area contributed by atoms with Crippen LogP contribution >= 0.6 is 34.8 Å². The average Bonchev–Trinajstić information content (AvgIpc) is 2.42. The fourth-order valence-corrected chi connectivity index (χ4v) is 2.97. The molecule has 1 nitrogen and oxygen atoms in total. The van der Waals surface area contributed by atoms with Gasteiger partial charge in [-0.1, -0.05) is 53.0 Å². The van der Waals surface area contributed by atoms with E-state index in [0.29, 0.717) is 22.0 Å². The van der Waals surface area contributed by atoms with E-state index in [2.05, 4.69) is 5.32 Å². The molecule has 2 aromatic rings. The van der Waals surface area contributed by atoms with E-state index < -0.39 is 5.82 Å². The topological polar surface area (TPSA) is 12.0 Å². The zero-order valence-corrected chi connectivity index (χ0v) is 13.0. The third-order valence-electron chi connectivity index (χ3n) is 3.15. The van der Waals surface area contributed by atoms with Gasteiger partial charge in [0.05, 0.1) is 5.02 Å². The maximum atomic E-state index is 14.0. The Labute approximate surface area is 132 Å². The summed E-state index contributed by atoms with van der Waals surface area (Å²) in [5.41, 5.74) is 1.28. The van der Waals surface area contributed by atoms with Crippen molar-refractivity contribution in [2.24, 2.45) is 0 Å². The first kappa shape index (κ1) is 15.6. The maximum absolute atomic E-state index is 14.0. The van der Waals surface area contributed by atoms with E-state index in [9.17, 15) is 4.39 Å². The number of halogens is 4. The van der Waals surface area contributed by atoms with Crippen molar-refractivity contribution in [3.05, 3.63) is 68.4 Å². The smallest absolute Gasteiger partial charge is 0.145 e. The van der Waals surface area contributed by atoms with Gasteiger partial charge in [0, 0.05) is 21.7 Å². The molecule has 0 amide bonds. The highest BCUT2D eigenvalue weighted by Gasteiger charge is 2.19. The Morgan fingerprint density at radius 2 is 1.55 bits per heavy atom. The molecular formula is C15H13Cl3FN. The molecule has 2 aromatic carbocycles. The van der Waals surface area contributed by atoms with Crippen LogP contribution in [-0.4, -0.2) is 7.05 Å². The van der Waals surface area contributed by atoms with Crippen LogP contribution in [0.1, 0.15) is 17.2 Å². The summed E-state index contributed by atoms with van der Waals surface area (Å²) in [6, 6.07) is 10.1. The van der Waals surface area contributed by atoms with Crippen LogP contribution in [0.4, 0.5) is 4.39 Å². The second-order valence-electron chi connectivity index (χ2n) is 4.39. The number of rotatable bonds is 4. The molecule has 0 aromatic heterocycles. The Bertz CT molecular complexity index is 596. The Morgan fingerprint density at radius 1 is 1.00 bits per heavy atom. The van der Waals surface area contributed by atoms with E-state index >= 15 is 0 Å². The van der Waals surface area contributed by atoms with Crippen molar-refractivity contribution < 1.29 is 4.39 Å². The summed E-state index contributed by atoms with van der Waals surface area (Å²) in [7, 11) is 1.78. The summed E-state index contributed by atoms with van der Waals surface area (Å²) in [6.07, 6.45) is 0.409. The lowest BCUT2D eigenvalue weighted by Crippen LogP contribution is -2.20. The summed E-state index contributed by atoms with van der Waals surface area (Å²) in [6.45, 7) is 0. The van der Waals surface area contributed by atoms with E-state index in [0.717, 1.165) is 5.56 Å². The summed E-state index contributed by atoms with van der Waals surface area (Å²) in [4.78, 5) is 0. The molecule has 0 fully saturated rings. The molecule has 0 aliphatic carbocycles. The third-order valence-corrected chi connectivity index (χ3v) is 4.10. The third kappa shape index (κ3) is 3.26. The molecule has 0 saturated heterocycles. The first-order valence-electron chi connectivity index (χ1n) is 6.08. The van der Waals surface area contributed by atoms with Crippen molar-refractivity contribution in [1.82, 2.24) is 5.32 Å². The SMILES string of the molecule is CNC(Cc1cccc(Cl)c1F)c1c(Cl)cccc1Cl. The molecule has 20 heavy (non-hydrogen) atoms. The van der Waals surface area contributed by atoms with E-state index in [4.69, 9.17) is 34.8 Å². The van der Waals surface area contributed by atoms with E-state index in [1.807, 2.05) is 0 Å². The van der Waals surface area contributed by atoms with Gasteiger partial charge in [-0.15, -0.1) is 0 Å². The van der Waals surface area contributed by atoms with Crippen molar-refractivity contribution in [2.75, 3.05) is 7.05 Å². The van der Waals surface area contributed by atoms with Crippen LogP contribution in [0.15, 0.2) is 36.4 Å². The molecule has 0 saturated carbocycles. The largest absolute Gasteiger partial charge is 0.313 e. The molecule has 0 aliphatic heterocycles. The molecule has 0 spiro atoms. The van der Waals surface area contributed by atoms with Gasteiger partial charge in [0.25, 0.3) is 0 Å². The Balaban J connectivity index is 2.37. The van der Waals surface area contributed by atoms with Gasteiger partial charge in [-0.05, 0) is 37.2 Å². The van der Waals surface area contributed by atoms with Crippen molar-refractivity contribution >= 4 is 34.8 Å². The fourth-order valence-electron chi connectivity index (χ4n) is 2.12. The molecule has 1 atom stereocenters. The second kappa shape index (κ2) is 6.77. The van der Waals surface area contributed by atoms with Crippen LogP contribution in [-0.2, 0) is 6.42 Å². The zero-order chi connectivity index (χ0) is 14.7. The first-order chi connectivity index (χ1) is 9.54. The van der Waals surface area contributed by atoms with Crippen molar-refractivity contribution in [3.63, 3.8) is 0 Å². The zero-order valence-electron chi connectivity index (χ0n) is 10.8. The Kier molecular flexibility index (Phi) is 5.28. The average molecular weight is 333 g/mol. The molecule has 106 valence electrons. The number of likely N-dealkylation sites (N-methyl/N-ethyl adjacent to an activating group) is 1. The van der Waals surface area contributed by atoms with Crippen LogP contribution < -0.4 is 5.32 Å². The first-order valence-corrected chi connectivity index (χ1v) is 7.22. The normalized spacial score (nSPS) is 12.4. The predicted octanol–water partition coefficient (Wildman–Crippen LogP) is 5.29. The van der Waals surface area contributed by atoms with E-state index in [1.54, 1.807) is 37.4 Å². The minimum atomic E-state index is -0.405. The lowest BCUT2D eigenvalue weighted by molar-refractivity contribution is 0.555. The minimum Gasteiger partial charge on any atom is -0.313 e. The second-order valence-corrected chi connectivity index (χ2v) is 5.62. The molecule has 1 unspecified atom stereocenters. The molecular weight excluding hydrogens is 320 g/mol. The lowest BCUT2D eigenvalue weighted by Gasteiger charge is -2.20. The van der Waals surface area contributed by atoms with Crippen molar-refractivity contribution in [2.45, 2.75) is 12.5 Å². The van der Waals surface area contributed by atoms with E-state index in [1.165, 1.54) is 6.07 Å². The molecule has 1 N–H and O–H groups in total. The molecule has 2 rings (SSSR count). The standard InChI is InChI=1S/C15H13Cl3FN/c1-20-13(14-10(16)5-3-6-11(14)17)8-9-4-2-7-12(18)15(9)19/h2-7,13,20H,8H2,1H3. The predicted molar refractivity (Wildman–Crippen MR) is 83.4 cm³/mol. The van der Waals surface area contributed by atoms with Gasteiger partial charge in [0.2, 0.25) is 0 Å². The van der Waals surface area contributed by atoms with E-state index in [-0.39, 0.29) is 11.1 Å². The summed E-state index contributed by atoms with van der Waals surface area (Å²) in [5.74, 6) is -0.405. The van der Waals surface area contributed by atoms with Gasteiger partial charge in [-0.25, -0.2) is 4.39 Å². The highest BCUT2D eigenvalue weighted by molar-refractivity contribution is 6.36. The summed E-state index contributed by atoms with van der Waals surface area (Å²) >= 11 is 18.2. The summed E-state index contributed by atoms with van der Waals surface area (Å²) < 4.78 is 14.0. The van der Waals surface area contributed by atoms with Crippen molar-refractivity contribution in [1.29, 1.82) is 0 Å². The number of hydrogen-bond acceptors (Lipinski definition) is 1. The monoisotopic (exact) mass is 331 g/mol. The lowest BCUT2D eigenvalue weighted by atomic mass is 9.98. The highest BCUT2D eigenvalue weighted by Crippen LogP contribution is 2.33. The quantitative estimate of drug-likeness (QED) is 0.802. The number of benzene rings is 2. The molecule has 0 heterocycles.